The molecule has 0 fully saturated rings. The largest absolute Gasteiger partial charge is 0.314 e. The maximum atomic E-state index is 3.37. The van der Waals surface area contributed by atoms with Crippen LogP contribution in [0.3, 0.4) is 0 Å². The van der Waals surface area contributed by atoms with E-state index in [2.05, 4.69) is 121 Å². The van der Waals surface area contributed by atoms with Gasteiger partial charge in [0.1, 0.15) is 0 Å². The summed E-state index contributed by atoms with van der Waals surface area (Å²) in [6.45, 7) is 19.9. The van der Waals surface area contributed by atoms with Gasteiger partial charge in [-0.15, -0.1) is 0 Å². The van der Waals surface area contributed by atoms with E-state index in [-0.39, 0.29) is 0 Å². The standard InChI is InChI=1S/2C8H20N2.C7H18N2/c1-8(2)10(5)7-6-9(3)4;1-8(2)9-6-5-7-10(3)4;1-7(2)8-5-6-9(3)4/h8H,6-7H2,1-5H3;8-9H,5-7H2,1-4H3;7-8H,5-6H2,1-4H3. The van der Waals surface area contributed by atoms with E-state index in [1.807, 2.05) is 0 Å². The fraction of sp³-hybridized carbons (Fsp3) is 1.00. The van der Waals surface area contributed by atoms with E-state index >= 15 is 0 Å². The van der Waals surface area contributed by atoms with Crippen molar-refractivity contribution in [3.8, 4) is 0 Å². The molecule has 29 heavy (non-hydrogen) atoms. The Bertz CT molecular complexity index is 286. The van der Waals surface area contributed by atoms with Crippen LogP contribution in [0, 0.1) is 0 Å². The van der Waals surface area contributed by atoms with E-state index in [0.29, 0.717) is 18.1 Å². The van der Waals surface area contributed by atoms with Crippen molar-refractivity contribution in [2.24, 2.45) is 0 Å². The molecule has 0 aromatic carbocycles. The fourth-order valence-electron chi connectivity index (χ4n) is 1.98. The minimum absolute atomic E-state index is 0.616. The fourth-order valence-corrected chi connectivity index (χ4v) is 1.98. The van der Waals surface area contributed by atoms with Crippen LogP contribution in [-0.2, 0) is 0 Å². The summed E-state index contributed by atoms with van der Waals surface area (Å²) in [6.07, 6.45) is 1.24. The van der Waals surface area contributed by atoms with Crippen LogP contribution in [0.1, 0.15) is 48.0 Å². The summed E-state index contributed by atoms with van der Waals surface area (Å²) in [5.41, 5.74) is 0. The van der Waals surface area contributed by atoms with Gasteiger partial charge in [-0.1, -0.05) is 27.7 Å². The van der Waals surface area contributed by atoms with Gasteiger partial charge in [-0.3, -0.25) is 0 Å². The number of nitrogens with one attached hydrogen (secondary N) is 2. The molecule has 0 atom stereocenters. The maximum absolute atomic E-state index is 3.37. The smallest absolute Gasteiger partial charge is 0.0109 e. The molecule has 6 heteroatoms. The van der Waals surface area contributed by atoms with Crippen molar-refractivity contribution in [3.63, 3.8) is 0 Å². The first kappa shape index (κ1) is 33.4. The zero-order valence-electron chi connectivity index (χ0n) is 22.5. The highest BCUT2D eigenvalue weighted by molar-refractivity contribution is 4.58. The van der Waals surface area contributed by atoms with Crippen LogP contribution in [0.15, 0.2) is 0 Å². The average Bonchev–Trinajstić information content (AvgIpc) is 2.56. The monoisotopic (exact) mass is 418 g/mol. The Hall–Kier alpha value is -0.240. The molecule has 0 spiro atoms. The third-order valence-corrected chi connectivity index (χ3v) is 4.23. The van der Waals surface area contributed by atoms with E-state index in [4.69, 9.17) is 0 Å². The van der Waals surface area contributed by atoms with Crippen LogP contribution in [0.4, 0.5) is 0 Å². The summed E-state index contributed by atoms with van der Waals surface area (Å²) < 4.78 is 0. The summed E-state index contributed by atoms with van der Waals surface area (Å²) >= 11 is 0. The first-order valence-electron chi connectivity index (χ1n) is 11.4. The first-order valence-corrected chi connectivity index (χ1v) is 11.4. The number of rotatable bonds is 13. The van der Waals surface area contributed by atoms with Crippen molar-refractivity contribution in [1.29, 1.82) is 0 Å². The second kappa shape index (κ2) is 22.4. The normalized spacial score (nSPS) is 11.6. The SMILES string of the molecule is CC(C)N(C)CCN(C)C.CC(C)NCCCN(C)C.CC(C)NCCN(C)C. The van der Waals surface area contributed by atoms with Crippen LogP contribution < -0.4 is 10.6 Å². The van der Waals surface area contributed by atoms with Crippen LogP contribution in [-0.4, -0.2) is 126 Å². The molecule has 2 N–H and O–H groups in total. The van der Waals surface area contributed by atoms with Gasteiger partial charge in [-0.25, -0.2) is 0 Å². The quantitative estimate of drug-likeness (QED) is 0.447. The molecule has 0 bridgehead atoms. The van der Waals surface area contributed by atoms with E-state index in [1.165, 1.54) is 13.0 Å². The second-order valence-corrected chi connectivity index (χ2v) is 9.56. The molecule has 0 unspecified atom stereocenters. The predicted octanol–water partition coefficient (Wildman–Crippen LogP) is 2.37. The zero-order chi connectivity index (χ0) is 23.4. The lowest BCUT2D eigenvalue weighted by molar-refractivity contribution is 0.241. The van der Waals surface area contributed by atoms with Crippen molar-refractivity contribution in [1.82, 2.24) is 30.2 Å². The Morgan fingerprint density at radius 1 is 0.517 bits per heavy atom. The summed E-state index contributed by atoms with van der Waals surface area (Å²) in [5, 5.41) is 6.71. The number of hydrogen-bond donors (Lipinski definition) is 2. The second-order valence-electron chi connectivity index (χ2n) is 9.56. The minimum Gasteiger partial charge on any atom is -0.314 e. The molecule has 6 nitrogen and oxygen atoms in total. The molecule has 0 aromatic heterocycles. The Labute approximate surface area is 185 Å². The number of likely N-dealkylation sites (N-methyl/N-ethyl adjacent to an activating group) is 3. The Kier molecular flexibility index (Phi) is 25.9. The molecule has 0 aliphatic rings. The van der Waals surface area contributed by atoms with Crippen molar-refractivity contribution in [2.75, 3.05) is 88.6 Å². The zero-order valence-corrected chi connectivity index (χ0v) is 22.5. The lowest BCUT2D eigenvalue weighted by atomic mass is 10.3. The van der Waals surface area contributed by atoms with Gasteiger partial charge in [0.15, 0.2) is 0 Å². The van der Waals surface area contributed by atoms with Crippen LogP contribution in [0.5, 0.6) is 0 Å². The van der Waals surface area contributed by atoms with Gasteiger partial charge in [0.05, 0.1) is 0 Å². The third kappa shape index (κ3) is 38.9. The van der Waals surface area contributed by atoms with Crippen LogP contribution >= 0.6 is 0 Å². The number of hydrogen-bond acceptors (Lipinski definition) is 6. The van der Waals surface area contributed by atoms with Gasteiger partial charge >= 0.3 is 0 Å². The summed E-state index contributed by atoms with van der Waals surface area (Å²) in [6, 6.07) is 1.91. The molecule has 0 aliphatic carbocycles. The van der Waals surface area contributed by atoms with Gasteiger partial charge in [-0.05, 0) is 82.7 Å². The van der Waals surface area contributed by atoms with Gasteiger partial charge < -0.3 is 30.2 Å². The van der Waals surface area contributed by atoms with E-state index in [0.717, 1.165) is 32.7 Å². The summed E-state index contributed by atoms with van der Waals surface area (Å²) in [7, 11) is 14.8. The van der Waals surface area contributed by atoms with Gasteiger partial charge in [0.25, 0.3) is 0 Å². The third-order valence-electron chi connectivity index (χ3n) is 4.23. The Morgan fingerprint density at radius 3 is 1.28 bits per heavy atom. The Morgan fingerprint density at radius 2 is 0.931 bits per heavy atom. The van der Waals surface area contributed by atoms with E-state index in [1.54, 1.807) is 0 Å². The highest BCUT2D eigenvalue weighted by Gasteiger charge is 2.01. The van der Waals surface area contributed by atoms with Crippen molar-refractivity contribution < 1.29 is 0 Å². The van der Waals surface area contributed by atoms with Crippen molar-refractivity contribution >= 4 is 0 Å². The molecule has 0 aromatic rings. The molecular weight excluding hydrogens is 360 g/mol. The maximum Gasteiger partial charge on any atom is 0.0109 e. The topological polar surface area (TPSA) is 37.0 Å². The van der Waals surface area contributed by atoms with E-state index < -0.39 is 0 Å². The van der Waals surface area contributed by atoms with Gasteiger partial charge in [0.2, 0.25) is 0 Å². The molecule has 180 valence electrons. The molecule has 0 saturated carbocycles. The molecule has 0 rings (SSSR count). The average molecular weight is 419 g/mol. The minimum atomic E-state index is 0.616. The summed E-state index contributed by atoms with van der Waals surface area (Å²) in [4.78, 5) is 8.94. The first-order chi connectivity index (χ1) is 13.3. The molecule has 0 saturated heterocycles. The molecule has 0 amide bonds. The van der Waals surface area contributed by atoms with E-state index in [9.17, 15) is 0 Å². The lowest BCUT2D eigenvalue weighted by Gasteiger charge is -2.22. The van der Waals surface area contributed by atoms with Gasteiger partial charge in [0, 0.05) is 44.3 Å². The molecular formula is C23H58N6. The molecule has 0 radical (unpaired) electrons. The van der Waals surface area contributed by atoms with Crippen molar-refractivity contribution in [2.45, 2.75) is 66.1 Å². The van der Waals surface area contributed by atoms with Crippen LogP contribution in [0.2, 0.25) is 0 Å². The highest BCUT2D eigenvalue weighted by atomic mass is 15.2. The predicted molar refractivity (Wildman–Crippen MR) is 134 cm³/mol. The molecule has 0 heterocycles. The van der Waals surface area contributed by atoms with Crippen LogP contribution in [0.25, 0.3) is 0 Å². The van der Waals surface area contributed by atoms with Gasteiger partial charge in [-0.2, -0.15) is 0 Å². The number of nitrogens with zero attached hydrogens (tertiary/aromatic N) is 4. The van der Waals surface area contributed by atoms with Crippen molar-refractivity contribution in [3.05, 3.63) is 0 Å². The lowest BCUT2D eigenvalue weighted by Crippen LogP contribution is -2.33. The summed E-state index contributed by atoms with van der Waals surface area (Å²) in [5.74, 6) is 0. The highest BCUT2D eigenvalue weighted by Crippen LogP contribution is 1.92. The Balaban J connectivity index is -0.000000350. The molecule has 0 aliphatic heterocycles.